The van der Waals surface area contributed by atoms with E-state index in [2.05, 4.69) is 4.72 Å². The number of rotatable bonds is 5. The lowest BCUT2D eigenvalue weighted by Gasteiger charge is -2.06. The Hall–Kier alpha value is -3.65. The molecular weight excluding hydrogens is 446 g/mol. The average molecular weight is 458 g/mol. The molecule has 0 aliphatic heterocycles. The van der Waals surface area contributed by atoms with Crippen LogP contribution in [0.2, 0.25) is 0 Å². The zero-order valence-corrected chi connectivity index (χ0v) is 16.3. The van der Waals surface area contributed by atoms with Crippen molar-refractivity contribution in [3.05, 3.63) is 85.8 Å². The normalized spacial score (nSPS) is 10.6. The fourth-order valence-electron chi connectivity index (χ4n) is 2.01. The monoisotopic (exact) mass is 458 g/mol. The van der Waals surface area contributed by atoms with Gasteiger partial charge in [0.15, 0.2) is 0 Å². The van der Waals surface area contributed by atoms with Gasteiger partial charge >= 0.3 is 11.4 Å². The molecule has 0 spiro atoms. The highest BCUT2D eigenvalue weighted by molar-refractivity contribution is 7.94. The number of nitro benzene ring substituents is 2. The lowest BCUT2D eigenvalue weighted by Crippen LogP contribution is -2.11. The molecule has 10 nitrogen and oxygen atoms in total. The summed E-state index contributed by atoms with van der Waals surface area (Å²) in [5.74, 6) is -1.90. The molecule has 0 atom stereocenters. The van der Waals surface area contributed by atoms with E-state index in [1.807, 2.05) is 0 Å². The number of hydrogen-bond acceptors (Lipinski definition) is 8. The summed E-state index contributed by atoms with van der Waals surface area (Å²) in [5, 5.41) is 22.2. The van der Waals surface area contributed by atoms with Gasteiger partial charge < -0.3 is 5.73 Å². The molecule has 158 valence electrons. The van der Waals surface area contributed by atoms with E-state index in [0.717, 1.165) is 41.7 Å². The summed E-state index contributed by atoms with van der Waals surface area (Å²) in [7, 11) is -3.80. The number of halogens is 2. The van der Waals surface area contributed by atoms with Crippen molar-refractivity contribution in [3.63, 3.8) is 0 Å². The molecule has 0 aliphatic carbocycles. The fourth-order valence-corrected chi connectivity index (χ4v) is 4.05. The molecule has 0 saturated carbocycles. The van der Waals surface area contributed by atoms with Crippen molar-refractivity contribution in [2.24, 2.45) is 0 Å². The molecule has 1 heterocycles. The Balaban J connectivity index is 0.000000248. The highest BCUT2D eigenvalue weighted by Crippen LogP contribution is 2.25. The van der Waals surface area contributed by atoms with Crippen molar-refractivity contribution in [3.8, 4) is 0 Å². The van der Waals surface area contributed by atoms with E-state index >= 15 is 0 Å². The number of nitrogens with one attached hydrogen (secondary N) is 1. The predicted molar refractivity (Wildman–Crippen MR) is 106 cm³/mol. The van der Waals surface area contributed by atoms with Gasteiger partial charge in [-0.2, -0.15) is 8.78 Å². The Kier molecular flexibility index (Phi) is 6.97. The molecule has 0 fully saturated rings. The van der Waals surface area contributed by atoms with Crippen molar-refractivity contribution in [2.75, 3.05) is 10.5 Å². The van der Waals surface area contributed by atoms with E-state index < -0.39 is 42.9 Å². The molecule has 30 heavy (non-hydrogen) atoms. The van der Waals surface area contributed by atoms with Crippen LogP contribution in [0.1, 0.15) is 0 Å². The van der Waals surface area contributed by atoms with Crippen molar-refractivity contribution in [1.82, 2.24) is 0 Å². The molecule has 14 heteroatoms. The van der Waals surface area contributed by atoms with Gasteiger partial charge in [-0.05, 0) is 35.7 Å². The molecule has 3 N–H and O–H groups in total. The third-order valence-corrected chi connectivity index (χ3v) is 6.10. The number of nitrogen functional groups attached to an aromatic ring is 1. The van der Waals surface area contributed by atoms with E-state index in [1.165, 1.54) is 12.1 Å². The van der Waals surface area contributed by atoms with Gasteiger partial charge in [0.2, 0.25) is 11.6 Å². The SMILES string of the molecule is Nc1ccc(F)c([N+](=O)[O-])c1.O=[N+]([O-])c1cc(NS(=O)(=O)c2cccs2)ccc1F. The van der Waals surface area contributed by atoms with Gasteiger partial charge in [0.05, 0.1) is 15.5 Å². The predicted octanol–water partition coefficient (Wildman–Crippen LogP) is 3.91. The molecule has 3 aromatic rings. The molecule has 2 aromatic carbocycles. The van der Waals surface area contributed by atoms with Gasteiger partial charge in [0.1, 0.15) is 4.21 Å². The minimum Gasteiger partial charge on any atom is -0.399 e. The first kappa shape index (κ1) is 22.6. The first-order valence-corrected chi connectivity index (χ1v) is 10.1. The van der Waals surface area contributed by atoms with E-state index in [1.54, 1.807) is 11.4 Å². The van der Waals surface area contributed by atoms with Crippen LogP contribution in [0.25, 0.3) is 0 Å². The van der Waals surface area contributed by atoms with Gasteiger partial charge in [-0.3, -0.25) is 25.0 Å². The minimum atomic E-state index is -3.80. The summed E-state index contributed by atoms with van der Waals surface area (Å²) in [6.07, 6.45) is 0. The van der Waals surface area contributed by atoms with Crippen LogP contribution in [-0.4, -0.2) is 18.3 Å². The maximum atomic E-state index is 13.1. The zero-order chi connectivity index (χ0) is 22.5. The van der Waals surface area contributed by atoms with Gasteiger partial charge in [-0.15, -0.1) is 11.3 Å². The quantitative estimate of drug-likeness (QED) is 0.333. The van der Waals surface area contributed by atoms with Crippen LogP contribution in [0.15, 0.2) is 58.1 Å². The lowest BCUT2D eigenvalue weighted by molar-refractivity contribution is -0.387. The molecule has 0 unspecified atom stereocenters. The molecule has 0 aliphatic rings. The van der Waals surface area contributed by atoms with Crippen LogP contribution < -0.4 is 10.5 Å². The van der Waals surface area contributed by atoms with Crippen molar-refractivity contribution >= 4 is 44.1 Å². The van der Waals surface area contributed by atoms with Gasteiger partial charge in [-0.1, -0.05) is 6.07 Å². The number of nitrogens with zero attached hydrogens (tertiary/aromatic N) is 2. The van der Waals surface area contributed by atoms with Crippen LogP contribution in [0.4, 0.5) is 31.5 Å². The number of sulfonamides is 1. The summed E-state index contributed by atoms with van der Waals surface area (Å²) in [6.45, 7) is 0. The van der Waals surface area contributed by atoms with Gasteiger partial charge in [0.25, 0.3) is 10.0 Å². The number of nitrogens with two attached hydrogens (primary N) is 1. The Bertz CT molecular complexity index is 1190. The Labute approximate surface area is 171 Å². The van der Waals surface area contributed by atoms with Crippen LogP contribution in [0.5, 0.6) is 0 Å². The number of thiophene rings is 1. The molecule has 0 saturated heterocycles. The second-order valence-electron chi connectivity index (χ2n) is 5.43. The summed E-state index contributed by atoms with van der Waals surface area (Å²) in [5.41, 5.74) is 3.93. The van der Waals surface area contributed by atoms with Crippen molar-refractivity contribution in [1.29, 1.82) is 0 Å². The number of anilines is 2. The molecule has 0 amide bonds. The molecule has 1 aromatic heterocycles. The highest BCUT2D eigenvalue weighted by atomic mass is 32.2. The Morgan fingerprint density at radius 1 is 0.933 bits per heavy atom. The van der Waals surface area contributed by atoms with Crippen LogP contribution >= 0.6 is 11.3 Å². The fraction of sp³-hybridized carbons (Fsp3) is 0. The number of hydrogen-bond donors (Lipinski definition) is 2. The third-order valence-electron chi connectivity index (χ3n) is 3.32. The smallest absolute Gasteiger partial charge is 0.306 e. The second kappa shape index (κ2) is 9.23. The summed E-state index contributed by atoms with van der Waals surface area (Å²) in [6, 6.07) is 8.96. The summed E-state index contributed by atoms with van der Waals surface area (Å²) >= 11 is 1.00. The minimum absolute atomic E-state index is 0.0681. The summed E-state index contributed by atoms with van der Waals surface area (Å²) < 4.78 is 51.6. The second-order valence-corrected chi connectivity index (χ2v) is 8.29. The average Bonchev–Trinajstić information content (AvgIpc) is 3.21. The van der Waals surface area contributed by atoms with E-state index in [0.29, 0.717) is 0 Å². The standard InChI is InChI=1S/C10H7FN2O4S2.C6H5FN2O2/c11-8-4-3-7(6-9(8)13(14)15)12-19(16,17)10-2-1-5-18-10;7-5-2-1-4(8)3-6(5)9(10)11/h1-6,12H;1-3H,8H2. The van der Waals surface area contributed by atoms with E-state index in [4.69, 9.17) is 5.73 Å². The Morgan fingerprint density at radius 2 is 1.50 bits per heavy atom. The van der Waals surface area contributed by atoms with Crippen LogP contribution in [0, 0.1) is 31.9 Å². The van der Waals surface area contributed by atoms with Crippen LogP contribution in [0.3, 0.4) is 0 Å². The molecule has 3 rings (SSSR count). The number of benzene rings is 2. The largest absolute Gasteiger partial charge is 0.399 e. The number of nitro groups is 2. The van der Waals surface area contributed by atoms with Crippen LogP contribution in [-0.2, 0) is 10.0 Å². The maximum absolute atomic E-state index is 13.1. The zero-order valence-electron chi connectivity index (χ0n) is 14.7. The Morgan fingerprint density at radius 3 is 2.00 bits per heavy atom. The molecule has 0 radical (unpaired) electrons. The van der Waals surface area contributed by atoms with Crippen molar-refractivity contribution in [2.45, 2.75) is 4.21 Å². The lowest BCUT2D eigenvalue weighted by atomic mass is 10.3. The van der Waals surface area contributed by atoms with E-state index in [9.17, 15) is 37.4 Å². The van der Waals surface area contributed by atoms with Gasteiger partial charge in [0, 0.05) is 17.8 Å². The molecule has 0 bridgehead atoms. The highest BCUT2D eigenvalue weighted by Gasteiger charge is 2.19. The third kappa shape index (κ3) is 5.68. The van der Waals surface area contributed by atoms with Gasteiger partial charge in [-0.25, -0.2) is 8.42 Å². The maximum Gasteiger partial charge on any atom is 0.306 e. The first-order chi connectivity index (χ1) is 14.0. The first-order valence-electron chi connectivity index (χ1n) is 7.71. The van der Waals surface area contributed by atoms with Crippen molar-refractivity contribution < 1.29 is 27.0 Å². The summed E-state index contributed by atoms with van der Waals surface area (Å²) in [4.78, 5) is 18.9. The molecular formula is C16H12F2N4O6S2. The topological polar surface area (TPSA) is 158 Å². The van der Waals surface area contributed by atoms with E-state index in [-0.39, 0.29) is 15.6 Å².